The van der Waals surface area contributed by atoms with Crippen molar-refractivity contribution in [3.8, 4) is 0 Å². The molecule has 104 valence electrons. The summed E-state index contributed by atoms with van der Waals surface area (Å²) in [6, 6.07) is 3.76. The molecule has 5 nitrogen and oxygen atoms in total. The Balaban J connectivity index is 3.24. The molecule has 0 aliphatic heterocycles. The predicted molar refractivity (Wildman–Crippen MR) is 70.2 cm³/mol. The minimum absolute atomic E-state index is 0.0114. The van der Waals surface area contributed by atoms with E-state index in [4.69, 9.17) is 4.74 Å². The third-order valence-electron chi connectivity index (χ3n) is 2.73. The number of rotatable bonds is 3. The Bertz CT molecular complexity index is 483. The molecule has 19 heavy (non-hydrogen) atoms. The number of aliphatic hydroxyl groups is 1. The summed E-state index contributed by atoms with van der Waals surface area (Å²) < 4.78 is 10.8. The van der Waals surface area contributed by atoms with Gasteiger partial charge >= 0.3 is 17.6 Å². The zero-order chi connectivity index (χ0) is 14.6. The molecule has 1 aromatic heterocycles. The van der Waals surface area contributed by atoms with Crippen LogP contribution < -0.4 is 4.57 Å². The van der Waals surface area contributed by atoms with Crippen molar-refractivity contribution in [2.75, 3.05) is 14.2 Å². The van der Waals surface area contributed by atoms with Crippen LogP contribution in [0.4, 0.5) is 0 Å². The number of methoxy groups -OCH3 is 2. The van der Waals surface area contributed by atoms with Crippen LogP contribution in [-0.2, 0) is 19.7 Å². The van der Waals surface area contributed by atoms with Gasteiger partial charge in [0, 0.05) is 12.1 Å². The van der Waals surface area contributed by atoms with E-state index in [2.05, 4.69) is 25.5 Å². The average molecular weight is 266 g/mol. The van der Waals surface area contributed by atoms with Crippen molar-refractivity contribution < 1.29 is 23.9 Å². The number of carbonyl (C=O) groups is 1. The topological polar surface area (TPSA) is 59.6 Å². The smallest absolute Gasteiger partial charge is 0.411 e. The second-order valence-electron chi connectivity index (χ2n) is 5.09. The van der Waals surface area contributed by atoms with Gasteiger partial charge in [-0.3, -0.25) is 0 Å². The van der Waals surface area contributed by atoms with Gasteiger partial charge in [0.1, 0.15) is 0 Å². The van der Waals surface area contributed by atoms with Crippen LogP contribution >= 0.6 is 0 Å². The zero-order valence-corrected chi connectivity index (χ0v) is 11.9. The van der Waals surface area contributed by atoms with E-state index in [1.165, 1.54) is 18.8 Å². The summed E-state index contributed by atoms with van der Waals surface area (Å²) in [7, 11) is 2.53. The van der Waals surface area contributed by atoms with Gasteiger partial charge in [0.05, 0.1) is 14.2 Å². The maximum Gasteiger partial charge on any atom is 0.411 e. The molecule has 0 fully saturated rings. The standard InChI is InChI=1S/C14H19NO4/c1-14(2,3)10-6-8-15(9-7-10)11(12(16)18-4)13(17)19-5/h6-9H,1-5H3/p+1. The van der Waals surface area contributed by atoms with Gasteiger partial charge in [-0.25, -0.2) is 4.79 Å². The summed E-state index contributed by atoms with van der Waals surface area (Å²) in [6.07, 6.45) is 3.37. The Morgan fingerprint density at radius 2 is 1.68 bits per heavy atom. The molecule has 0 unspecified atom stereocenters. The molecule has 0 saturated heterocycles. The zero-order valence-electron chi connectivity index (χ0n) is 11.9. The van der Waals surface area contributed by atoms with Crippen molar-refractivity contribution in [3.63, 3.8) is 0 Å². The Kier molecular flexibility index (Phi) is 4.53. The second kappa shape index (κ2) is 5.73. The first-order valence-electron chi connectivity index (χ1n) is 5.89. The molecule has 0 radical (unpaired) electrons. The van der Waals surface area contributed by atoms with Crippen molar-refractivity contribution in [1.82, 2.24) is 0 Å². The summed E-state index contributed by atoms with van der Waals surface area (Å²) in [6.45, 7) is 6.28. The Morgan fingerprint density at radius 3 is 2.05 bits per heavy atom. The minimum Gasteiger partial charge on any atom is -0.476 e. The summed E-state index contributed by atoms with van der Waals surface area (Å²) in [5, 5.41) is 9.64. The van der Waals surface area contributed by atoms with E-state index < -0.39 is 11.9 Å². The van der Waals surface area contributed by atoms with Gasteiger partial charge in [-0.05, 0) is 11.0 Å². The van der Waals surface area contributed by atoms with E-state index in [1.54, 1.807) is 12.4 Å². The van der Waals surface area contributed by atoms with Crippen molar-refractivity contribution in [2.24, 2.45) is 0 Å². The van der Waals surface area contributed by atoms with Crippen molar-refractivity contribution >= 4 is 11.7 Å². The molecule has 0 aliphatic rings. The highest BCUT2D eigenvalue weighted by molar-refractivity contribution is 6.06. The van der Waals surface area contributed by atoms with Gasteiger partial charge in [-0.2, -0.15) is 4.57 Å². The maximum absolute atomic E-state index is 11.7. The van der Waals surface area contributed by atoms with E-state index >= 15 is 0 Å². The van der Waals surface area contributed by atoms with E-state index in [0.717, 1.165) is 5.56 Å². The molecule has 1 aromatic rings. The Hall–Kier alpha value is -2.04. The lowest BCUT2D eigenvalue weighted by molar-refractivity contribution is -0.581. The van der Waals surface area contributed by atoms with Gasteiger partial charge in [-0.15, -0.1) is 0 Å². The normalized spacial score (nSPS) is 12.7. The van der Waals surface area contributed by atoms with Crippen LogP contribution in [0.3, 0.4) is 0 Å². The lowest BCUT2D eigenvalue weighted by Crippen LogP contribution is -2.38. The van der Waals surface area contributed by atoms with E-state index in [9.17, 15) is 9.90 Å². The first-order chi connectivity index (χ1) is 8.81. The molecule has 0 amide bonds. The van der Waals surface area contributed by atoms with Crippen LogP contribution in [0, 0.1) is 0 Å². The van der Waals surface area contributed by atoms with Crippen LogP contribution in [0.5, 0.6) is 0 Å². The third kappa shape index (κ3) is 3.47. The highest BCUT2D eigenvalue weighted by Crippen LogP contribution is 2.20. The summed E-state index contributed by atoms with van der Waals surface area (Å²) in [5.74, 6) is -1.16. The minimum atomic E-state index is -0.673. The molecule has 0 spiro atoms. The number of pyridine rings is 1. The first-order valence-corrected chi connectivity index (χ1v) is 5.89. The third-order valence-corrected chi connectivity index (χ3v) is 2.73. The lowest BCUT2D eigenvalue weighted by Gasteiger charge is -2.17. The van der Waals surface area contributed by atoms with E-state index in [0.29, 0.717) is 0 Å². The molecular weight excluding hydrogens is 246 g/mol. The lowest BCUT2D eigenvalue weighted by atomic mass is 9.88. The number of nitrogens with zero attached hydrogens (tertiary/aromatic N) is 1. The summed E-state index contributed by atoms with van der Waals surface area (Å²) in [5.41, 5.74) is 1.06. The predicted octanol–water partition coefficient (Wildman–Crippen LogP) is 1.78. The number of hydrogen-bond acceptors (Lipinski definition) is 4. The van der Waals surface area contributed by atoms with E-state index in [-0.39, 0.29) is 11.1 Å². The maximum atomic E-state index is 11.7. The SMILES string of the molecule is COC(=O)/C(=C(/O)OC)[n+]1ccc(C(C)(C)C)cc1. The average Bonchev–Trinajstić information content (AvgIpc) is 2.38. The van der Waals surface area contributed by atoms with Gasteiger partial charge in [0.2, 0.25) is 0 Å². The number of ether oxygens (including phenoxy) is 2. The molecule has 0 atom stereocenters. The van der Waals surface area contributed by atoms with Gasteiger partial charge < -0.3 is 14.6 Å². The largest absolute Gasteiger partial charge is 0.476 e. The number of aliphatic hydroxyl groups excluding tert-OH is 1. The fourth-order valence-corrected chi connectivity index (χ4v) is 1.57. The van der Waals surface area contributed by atoms with Gasteiger partial charge in [-0.1, -0.05) is 20.8 Å². The molecule has 5 heteroatoms. The van der Waals surface area contributed by atoms with Crippen LogP contribution in [-0.4, -0.2) is 25.3 Å². The number of hydrogen-bond donors (Lipinski definition) is 1. The highest BCUT2D eigenvalue weighted by Gasteiger charge is 2.28. The summed E-state index contributed by atoms with van der Waals surface area (Å²) >= 11 is 0. The monoisotopic (exact) mass is 266 g/mol. The van der Waals surface area contributed by atoms with Crippen molar-refractivity contribution in [3.05, 3.63) is 36.0 Å². The Labute approximate surface area is 113 Å². The van der Waals surface area contributed by atoms with Crippen LogP contribution in [0.2, 0.25) is 0 Å². The first kappa shape index (κ1) is 15.0. The fourth-order valence-electron chi connectivity index (χ4n) is 1.57. The molecule has 0 bridgehead atoms. The van der Waals surface area contributed by atoms with Crippen molar-refractivity contribution in [2.45, 2.75) is 26.2 Å². The molecular formula is C14H20NO4+. The van der Waals surface area contributed by atoms with Crippen LogP contribution in [0.1, 0.15) is 26.3 Å². The number of esters is 1. The van der Waals surface area contributed by atoms with Crippen LogP contribution in [0.25, 0.3) is 5.70 Å². The number of aromatic nitrogens is 1. The van der Waals surface area contributed by atoms with E-state index in [1.807, 2.05) is 12.1 Å². The molecule has 1 heterocycles. The molecule has 0 aromatic carbocycles. The molecule has 1 rings (SSSR count). The molecule has 1 N–H and O–H groups in total. The molecule has 0 aliphatic carbocycles. The quantitative estimate of drug-likeness (QED) is 0.392. The van der Waals surface area contributed by atoms with Gasteiger partial charge in [0.15, 0.2) is 12.4 Å². The van der Waals surface area contributed by atoms with Gasteiger partial charge in [0.25, 0.3) is 0 Å². The van der Waals surface area contributed by atoms with Crippen LogP contribution in [0.15, 0.2) is 30.5 Å². The highest BCUT2D eigenvalue weighted by atomic mass is 16.6. The second-order valence-corrected chi connectivity index (χ2v) is 5.09. The Morgan fingerprint density at radius 1 is 1.16 bits per heavy atom. The molecule has 0 saturated carbocycles. The summed E-state index contributed by atoms with van der Waals surface area (Å²) in [4.78, 5) is 11.7. The fraction of sp³-hybridized carbons (Fsp3) is 0.429. The number of carbonyl (C=O) groups excluding carboxylic acids is 1. The van der Waals surface area contributed by atoms with Crippen molar-refractivity contribution in [1.29, 1.82) is 0 Å².